The molecule has 0 atom stereocenters. The van der Waals surface area contributed by atoms with Crippen molar-refractivity contribution in [3.8, 4) is 17.1 Å². The van der Waals surface area contributed by atoms with Crippen molar-refractivity contribution in [3.05, 3.63) is 35.0 Å². The van der Waals surface area contributed by atoms with Gasteiger partial charge < -0.3 is 14.6 Å². The number of aromatic nitrogens is 6. The van der Waals surface area contributed by atoms with E-state index in [2.05, 4.69) is 24.9 Å². The predicted molar refractivity (Wildman–Crippen MR) is 142 cm³/mol. The Morgan fingerprint density at radius 1 is 1.16 bits per heavy atom. The number of benzene rings is 1. The highest BCUT2D eigenvalue weighted by atomic mass is 32.2. The largest absolute Gasteiger partial charge is 0.493 e. The van der Waals surface area contributed by atoms with Gasteiger partial charge in [0, 0.05) is 32.7 Å². The third-order valence-electron chi connectivity index (χ3n) is 6.43. The number of nitrogens with zero attached hydrogens (tertiary/aromatic N) is 7. The van der Waals surface area contributed by atoms with E-state index in [0.717, 1.165) is 19.5 Å². The number of aromatic amines is 1. The van der Waals surface area contributed by atoms with Gasteiger partial charge in [-0.3, -0.25) is 4.57 Å². The topological polar surface area (TPSA) is 143 Å². The first-order chi connectivity index (χ1) is 18.2. The molecule has 2 N–H and O–H groups in total. The molecule has 0 saturated carbocycles. The van der Waals surface area contributed by atoms with Crippen LogP contribution in [0.25, 0.3) is 28.2 Å². The van der Waals surface area contributed by atoms with E-state index in [1.165, 1.54) is 16.8 Å². The fraction of sp³-hybridized carbons (Fsp3) is 0.500. The number of imidazole rings is 1. The molecule has 14 heteroatoms. The van der Waals surface area contributed by atoms with Gasteiger partial charge in [-0.15, -0.1) is 15.0 Å². The lowest BCUT2D eigenvalue weighted by atomic mass is 10.2. The molecule has 0 spiro atoms. The van der Waals surface area contributed by atoms with E-state index in [0.29, 0.717) is 60.2 Å². The van der Waals surface area contributed by atoms with Crippen molar-refractivity contribution in [1.29, 1.82) is 0 Å². The van der Waals surface area contributed by atoms with Crippen LogP contribution in [0.3, 0.4) is 0 Å². The molecule has 0 amide bonds. The zero-order valence-corrected chi connectivity index (χ0v) is 22.8. The lowest BCUT2D eigenvalue weighted by Gasteiger charge is -2.32. The summed E-state index contributed by atoms with van der Waals surface area (Å²) in [7, 11) is -1.84. The Labute approximate surface area is 220 Å². The molecule has 0 bridgehead atoms. The normalized spacial score (nSPS) is 15.7. The van der Waals surface area contributed by atoms with Gasteiger partial charge in [0.05, 0.1) is 17.1 Å². The fourth-order valence-electron chi connectivity index (χ4n) is 4.46. The van der Waals surface area contributed by atoms with Gasteiger partial charge in [0.25, 0.3) is 10.0 Å². The van der Waals surface area contributed by atoms with Crippen molar-refractivity contribution in [2.45, 2.75) is 38.6 Å². The van der Waals surface area contributed by atoms with Gasteiger partial charge in [0.15, 0.2) is 11.3 Å². The summed E-state index contributed by atoms with van der Waals surface area (Å²) < 4.78 is 35.6. The number of likely N-dealkylation sites (N-methyl/N-ethyl adjacent to an activating group) is 1. The zero-order valence-electron chi connectivity index (χ0n) is 22.0. The van der Waals surface area contributed by atoms with Gasteiger partial charge in [0.2, 0.25) is 0 Å². The third-order valence-corrected chi connectivity index (χ3v) is 7.80. The number of H-pyrrole nitrogens is 1. The Kier molecular flexibility index (Phi) is 7.22. The van der Waals surface area contributed by atoms with Crippen molar-refractivity contribution >= 4 is 26.8 Å². The second kappa shape index (κ2) is 10.4. The molecule has 0 unspecified atom stereocenters. The Morgan fingerprint density at radius 2 is 1.92 bits per heavy atom. The fourth-order valence-corrected chi connectivity index (χ4v) is 5.61. The number of sulfonamides is 1. The Morgan fingerprint density at radius 3 is 2.63 bits per heavy atom. The standard InChI is InChI=1S/C24H33N9O4S/c1-5-12-37-19-7-6-17(38(35,36)29-31-10-8-30(4)9-11-31)13-18(19)21-26-20-22(27-21)32(14-16(2)3)24(34)33-15-25-28-23(20)33/h6-7,13,15-16,29H,5,8-12,14H2,1-4H3,(H,26,27). The van der Waals surface area contributed by atoms with E-state index in [9.17, 15) is 13.2 Å². The molecule has 1 aromatic carbocycles. The number of fused-ring (bicyclic) bond motifs is 3. The molecule has 38 heavy (non-hydrogen) atoms. The van der Waals surface area contributed by atoms with Gasteiger partial charge in [-0.2, -0.15) is 0 Å². The number of hydrazine groups is 1. The van der Waals surface area contributed by atoms with Crippen LogP contribution < -0.4 is 15.3 Å². The summed E-state index contributed by atoms with van der Waals surface area (Å²) in [5, 5.41) is 9.74. The maximum absolute atomic E-state index is 13.3. The van der Waals surface area contributed by atoms with Crippen molar-refractivity contribution in [2.24, 2.45) is 5.92 Å². The summed E-state index contributed by atoms with van der Waals surface area (Å²) in [5.74, 6) is 1.04. The molecule has 204 valence electrons. The van der Waals surface area contributed by atoms with Crippen LogP contribution in [0.1, 0.15) is 27.2 Å². The lowest BCUT2D eigenvalue weighted by molar-refractivity contribution is 0.135. The third kappa shape index (κ3) is 5.04. The molecule has 3 aromatic heterocycles. The maximum atomic E-state index is 13.3. The number of ether oxygens (including phenoxy) is 1. The summed E-state index contributed by atoms with van der Waals surface area (Å²) in [6, 6.07) is 4.72. The minimum Gasteiger partial charge on any atom is -0.493 e. The average molecular weight is 544 g/mol. The minimum atomic E-state index is -3.85. The van der Waals surface area contributed by atoms with E-state index in [-0.39, 0.29) is 16.5 Å². The van der Waals surface area contributed by atoms with Gasteiger partial charge in [-0.1, -0.05) is 20.8 Å². The van der Waals surface area contributed by atoms with E-state index < -0.39 is 10.0 Å². The second-order valence-electron chi connectivity index (χ2n) is 9.99. The van der Waals surface area contributed by atoms with Crippen molar-refractivity contribution in [2.75, 3.05) is 39.8 Å². The van der Waals surface area contributed by atoms with E-state index in [1.54, 1.807) is 21.7 Å². The Balaban J connectivity index is 1.62. The van der Waals surface area contributed by atoms with E-state index >= 15 is 0 Å². The number of nitrogens with one attached hydrogen (secondary N) is 2. The number of hydrogen-bond donors (Lipinski definition) is 2. The van der Waals surface area contributed by atoms with Crippen LogP contribution in [-0.2, 0) is 16.6 Å². The molecule has 1 saturated heterocycles. The molecule has 0 radical (unpaired) electrons. The molecule has 1 aliphatic heterocycles. The van der Waals surface area contributed by atoms with Gasteiger partial charge >= 0.3 is 5.69 Å². The monoisotopic (exact) mass is 543 g/mol. The van der Waals surface area contributed by atoms with E-state index in [1.807, 2.05) is 27.8 Å². The molecule has 13 nitrogen and oxygen atoms in total. The molecule has 0 aliphatic carbocycles. The van der Waals surface area contributed by atoms with Crippen LogP contribution in [0.4, 0.5) is 0 Å². The van der Waals surface area contributed by atoms with Crippen LogP contribution >= 0.6 is 0 Å². The molecular formula is C24H33N9O4S. The van der Waals surface area contributed by atoms with Gasteiger partial charge in [0.1, 0.15) is 23.4 Å². The first-order valence-corrected chi connectivity index (χ1v) is 14.2. The maximum Gasteiger partial charge on any atom is 0.336 e. The molecule has 1 aliphatic rings. The lowest BCUT2D eigenvalue weighted by Crippen LogP contribution is -2.52. The van der Waals surface area contributed by atoms with Crippen LogP contribution in [0.2, 0.25) is 0 Å². The number of piperazine rings is 1. The number of hydrogen-bond acceptors (Lipinski definition) is 9. The average Bonchev–Trinajstić information content (AvgIpc) is 3.54. The van der Waals surface area contributed by atoms with Crippen LogP contribution in [-0.4, -0.2) is 87.3 Å². The Bertz CT molecular complexity index is 1620. The highest BCUT2D eigenvalue weighted by Gasteiger charge is 2.25. The molecule has 4 heterocycles. The summed E-state index contributed by atoms with van der Waals surface area (Å²) in [6.07, 6.45) is 2.15. The Hall–Kier alpha value is -3.33. The van der Waals surface area contributed by atoms with Crippen molar-refractivity contribution in [1.82, 2.24) is 43.9 Å². The predicted octanol–water partition coefficient (Wildman–Crippen LogP) is 1.32. The second-order valence-corrected chi connectivity index (χ2v) is 11.6. The SMILES string of the molecule is CCCOc1ccc(S(=O)(=O)NN2CCN(C)CC2)cc1-c1nc2c([nH]1)c1nncn1c(=O)n2CC(C)C. The highest BCUT2D eigenvalue weighted by molar-refractivity contribution is 7.89. The molecular weight excluding hydrogens is 510 g/mol. The summed E-state index contributed by atoms with van der Waals surface area (Å²) in [5.41, 5.74) is 1.48. The van der Waals surface area contributed by atoms with Crippen molar-refractivity contribution < 1.29 is 13.2 Å². The quantitative estimate of drug-likeness (QED) is 0.319. The van der Waals surface area contributed by atoms with Crippen LogP contribution in [0.15, 0.2) is 34.2 Å². The minimum absolute atomic E-state index is 0.0860. The summed E-state index contributed by atoms with van der Waals surface area (Å²) >= 11 is 0. The molecule has 1 fully saturated rings. The molecule has 5 rings (SSSR count). The molecule has 4 aromatic rings. The van der Waals surface area contributed by atoms with Crippen LogP contribution in [0.5, 0.6) is 5.75 Å². The zero-order chi connectivity index (χ0) is 27.0. The van der Waals surface area contributed by atoms with Gasteiger partial charge in [-0.25, -0.2) is 27.6 Å². The van der Waals surface area contributed by atoms with E-state index in [4.69, 9.17) is 9.72 Å². The first-order valence-electron chi connectivity index (χ1n) is 12.7. The van der Waals surface area contributed by atoms with Crippen LogP contribution in [0, 0.1) is 5.92 Å². The smallest absolute Gasteiger partial charge is 0.336 e. The van der Waals surface area contributed by atoms with Crippen molar-refractivity contribution in [3.63, 3.8) is 0 Å². The summed E-state index contributed by atoms with van der Waals surface area (Å²) in [6.45, 7) is 9.63. The highest BCUT2D eigenvalue weighted by Crippen LogP contribution is 2.33. The first kappa shape index (κ1) is 26.3. The van der Waals surface area contributed by atoms with Gasteiger partial charge in [-0.05, 0) is 37.6 Å². The number of rotatable bonds is 9. The summed E-state index contributed by atoms with van der Waals surface area (Å²) in [4.78, 5) is 26.1.